The standard InChI is InChI=1S/C30H58O3Si3/c1-22(31-34(4,5)6)30(33-36(10,11)12)20-17-27-25-14-13-23-21-24(32-35(7,8)9)15-18-28(23,2)26(25)16-19-29(27,30)3/h22-24,27H,13-21H2,1-12H3/t22-,23+,24+,27?,28-,29-,30-/m0/s1. The largest absolute Gasteiger partial charge is 0.415 e. The Hall–Kier alpha value is 0.271. The van der Waals surface area contributed by atoms with Gasteiger partial charge in [-0.05, 0) is 141 Å². The van der Waals surface area contributed by atoms with Crippen LogP contribution in [0.2, 0.25) is 58.9 Å². The second kappa shape index (κ2) is 9.43. The molecule has 0 spiro atoms. The van der Waals surface area contributed by atoms with Crippen molar-refractivity contribution in [3.63, 3.8) is 0 Å². The van der Waals surface area contributed by atoms with Gasteiger partial charge in [-0.25, -0.2) is 0 Å². The van der Waals surface area contributed by atoms with E-state index < -0.39 is 25.0 Å². The summed E-state index contributed by atoms with van der Waals surface area (Å²) in [6.07, 6.45) is 12.1. The molecular formula is C30H58O3Si3. The van der Waals surface area contributed by atoms with Crippen molar-refractivity contribution in [3.05, 3.63) is 11.1 Å². The lowest BCUT2D eigenvalue weighted by atomic mass is 9.50. The van der Waals surface area contributed by atoms with Crippen molar-refractivity contribution in [1.29, 1.82) is 0 Å². The fourth-order valence-electron chi connectivity index (χ4n) is 9.16. The molecule has 4 rings (SSSR count). The molecule has 0 aromatic carbocycles. The van der Waals surface area contributed by atoms with Gasteiger partial charge in [0, 0.05) is 11.5 Å². The Morgan fingerprint density at radius 2 is 1.44 bits per heavy atom. The molecule has 2 saturated carbocycles. The number of allylic oxidation sites excluding steroid dienone is 2. The van der Waals surface area contributed by atoms with E-state index in [0.29, 0.717) is 17.4 Å². The van der Waals surface area contributed by atoms with Gasteiger partial charge in [-0.1, -0.05) is 25.0 Å². The van der Waals surface area contributed by atoms with Crippen molar-refractivity contribution in [3.8, 4) is 0 Å². The number of hydrogen-bond donors (Lipinski definition) is 0. The van der Waals surface area contributed by atoms with E-state index in [4.69, 9.17) is 13.3 Å². The highest BCUT2D eigenvalue weighted by atomic mass is 28.4. The molecule has 4 aliphatic carbocycles. The van der Waals surface area contributed by atoms with Gasteiger partial charge in [-0.2, -0.15) is 0 Å². The maximum Gasteiger partial charge on any atom is 0.184 e. The monoisotopic (exact) mass is 550 g/mol. The molecule has 0 aromatic rings. The third-order valence-electron chi connectivity index (χ3n) is 10.3. The van der Waals surface area contributed by atoms with E-state index in [0.717, 1.165) is 12.3 Å². The van der Waals surface area contributed by atoms with Crippen molar-refractivity contribution in [2.75, 3.05) is 0 Å². The number of hydrogen-bond acceptors (Lipinski definition) is 3. The highest BCUT2D eigenvalue weighted by Gasteiger charge is 2.65. The molecule has 0 N–H and O–H groups in total. The molecule has 7 atom stereocenters. The normalized spacial score (nSPS) is 40.5. The molecule has 0 bridgehead atoms. The van der Waals surface area contributed by atoms with Crippen LogP contribution in [0, 0.1) is 22.7 Å². The van der Waals surface area contributed by atoms with Crippen LogP contribution in [0.4, 0.5) is 0 Å². The summed E-state index contributed by atoms with van der Waals surface area (Å²) in [7, 11) is -4.92. The predicted molar refractivity (Wildman–Crippen MR) is 161 cm³/mol. The lowest BCUT2D eigenvalue weighted by molar-refractivity contribution is -0.124. The molecule has 0 aromatic heterocycles. The number of rotatable bonds is 7. The minimum atomic E-state index is -1.76. The molecule has 0 amide bonds. The first-order valence-electron chi connectivity index (χ1n) is 15.1. The van der Waals surface area contributed by atoms with Gasteiger partial charge in [-0.15, -0.1) is 0 Å². The minimum absolute atomic E-state index is 0.151. The van der Waals surface area contributed by atoms with Crippen LogP contribution in [0.25, 0.3) is 0 Å². The summed E-state index contributed by atoms with van der Waals surface area (Å²) >= 11 is 0. The van der Waals surface area contributed by atoms with Gasteiger partial charge >= 0.3 is 0 Å². The molecule has 208 valence electrons. The van der Waals surface area contributed by atoms with Gasteiger partial charge in [0.25, 0.3) is 0 Å². The second-order valence-electron chi connectivity index (χ2n) is 16.3. The van der Waals surface area contributed by atoms with Crippen molar-refractivity contribution >= 4 is 25.0 Å². The Morgan fingerprint density at radius 3 is 2.03 bits per heavy atom. The third-order valence-corrected chi connectivity index (χ3v) is 13.4. The Kier molecular flexibility index (Phi) is 7.67. The zero-order chi connectivity index (χ0) is 26.9. The van der Waals surface area contributed by atoms with Crippen LogP contribution < -0.4 is 0 Å². The number of fused-ring (bicyclic) bond motifs is 4. The van der Waals surface area contributed by atoms with Crippen LogP contribution in [0.3, 0.4) is 0 Å². The van der Waals surface area contributed by atoms with Gasteiger partial charge in [0.15, 0.2) is 25.0 Å². The van der Waals surface area contributed by atoms with E-state index in [-0.39, 0.29) is 17.1 Å². The van der Waals surface area contributed by atoms with Gasteiger partial charge < -0.3 is 13.3 Å². The quantitative estimate of drug-likeness (QED) is 0.234. The molecular weight excluding hydrogens is 493 g/mol. The summed E-state index contributed by atoms with van der Waals surface area (Å²) < 4.78 is 20.9. The van der Waals surface area contributed by atoms with E-state index in [1.54, 1.807) is 0 Å². The van der Waals surface area contributed by atoms with Gasteiger partial charge in [0.2, 0.25) is 0 Å². The third kappa shape index (κ3) is 5.34. The minimum Gasteiger partial charge on any atom is -0.415 e. The van der Waals surface area contributed by atoms with Crippen LogP contribution in [-0.4, -0.2) is 42.8 Å². The molecule has 36 heavy (non-hydrogen) atoms. The highest BCUT2D eigenvalue weighted by molar-refractivity contribution is 6.70. The first-order chi connectivity index (χ1) is 16.3. The first kappa shape index (κ1) is 29.3. The van der Waals surface area contributed by atoms with Crippen LogP contribution >= 0.6 is 0 Å². The maximum absolute atomic E-state index is 7.34. The van der Waals surface area contributed by atoms with E-state index in [1.165, 1.54) is 51.4 Å². The molecule has 1 unspecified atom stereocenters. The SMILES string of the molecule is C[C@H](O[Si](C)(C)C)[C@@]1(O[Si](C)(C)C)CCC2C3=C(CC[C@@]21C)[C@@]1(C)CC[C@@H](O[Si](C)(C)C)C[C@H]1CC3. The summed E-state index contributed by atoms with van der Waals surface area (Å²) in [6, 6.07) is 0. The van der Waals surface area contributed by atoms with E-state index in [1.807, 2.05) is 11.1 Å². The van der Waals surface area contributed by atoms with Crippen molar-refractivity contribution in [2.45, 2.75) is 155 Å². The van der Waals surface area contributed by atoms with Crippen LogP contribution in [-0.2, 0) is 13.3 Å². The Morgan fingerprint density at radius 1 is 0.778 bits per heavy atom. The summed E-state index contributed by atoms with van der Waals surface area (Å²) in [5.41, 5.74) is 4.14. The van der Waals surface area contributed by atoms with Crippen molar-refractivity contribution < 1.29 is 13.3 Å². The van der Waals surface area contributed by atoms with E-state index in [9.17, 15) is 0 Å². The molecule has 0 heterocycles. The van der Waals surface area contributed by atoms with Gasteiger partial charge in [-0.3, -0.25) is 0 Å². The van der Waals surface area contributed by atoms with Crippen molar-refractivity contribution in [1.82, 2.24) is 0 Å². The fraction of sp³-hybridized carbons (Fsp3) is 0.933. The summed E-state index contributed by atoms with van der Waals surface area (Å²) in [6.45, 7) is 28.8. The molecule has 4 aliphatic rings. The molecule has 0 radical (unpaired) electrons. The molecule has 0 saturated heterocycles. The van der Waals surface area contributed by atoms with E-state index in [2.05, 4.69) is 79.7 Å². The zero-order valence-corrected chi connectivity index (χ0v) is 28.9. The lowest BCUT2D eigenvalue weighted by Crippen LogP contribution is -2.61. The average molecular weight is 551 g/mol. The van der Waals surface area contributed by atoms with Gasteiger partial charge in [0.1, 0.15) is 0 Å². The molecule has 3 nitrogen and oxygen atoms in total. The van der Waals surface area contributed by atoms with Crippen LogP contribution in [0.1, 0.15) is 78.6 Å². The molecule has 0 aliphatic heterocycles. The van der Waals surface area contributed by atoms with Crippen molar-refractivity contribution in [2.24, 2.45) is 22.7 Å². The highest BCUT2D eigenvalue weighted by Crippen LogP contribution is 2.68. The topological polar surface area (TPSA) is 27.7 Å². The summed E-state index contributed by atoms with van der Waals surface area (Å²) in [5, 5.41) is 0. The summed E-state index contributed by atoms with van der Waals surface area (Å²) in [5.74, 6) is 1.47. The predicted octanol–water partition coefficient (Wildman–Crippen LogP) is 9.14. The zero-order valence-electron chi connectivity index (χ0n) is 25.9. The second-order valence-corrected chi connectivity index (χ2v) is 29.6. The average Bonchev–Trinajstić information content (AvgIpc) is 2.98. The Bertz CT molecular complexity index is 866. The van der Waals surface area contributed by atoms with Crippen LogP contribution in [0.5, 0.6) is 0 Å². The van der Waals surface area contributed by atoms with Gasteiger partial charge in [0.05, 0.1) is 11.7 Å². The molecule has 6 heteroatoms. The van der Waals surface area contributed by atoms with Crippen LogP contribution in [0.15, 0.2) is 11.1 Å². The summed E-state index contributed by atoms with van der Waals surface area (Å²) in [4.78, 5) is 0. The lowest BCUT2D eigenvalue weighted by Gasteiger charge is -2.59. The van der Waals surface area contributed by atoms with E-state index >= 15 is 0 Å². The molecule has 2 fully saturated rings. The fourth-order valence-corrected chi connectivity index (χ4v) is 13.2. The maximum atomic E-state index is 7.34. The first-order valence-corrected chi connectivity index (χ1v) is 25.3. The Labute approximate surface area is 226 Å². The Balaban J connectivity index is 1.66. The smallest absolute Gasteiger partial charge is 0.184 e.